The summed E-state index contributed by atoms with van der Waals surface area (Å²) in [6, 6.07) is 17.3. The van der Waals surface area contributed by atoms with Crippen LogP contribution in [0.3, 0.4) is 0 Å². The Labute approximate surface area is 246 Å². The molecule has 0 bridgehead atoms. The molecule has 4 aromatic rings. The third kappa shape index (κ3) is 7.32. The highest BCUT2D eigenvalue weighted by atomic mass is 32.2. The van der Waals surface area contributed by atoms with Gasteiger partial charge in [-0.3, -0.25) is 9.88 Å². The van der Waals surface area contributed by atoms with Gasteiger partial charge in [-0.1, -0.05) is 12.1 Å². The highest BCUT2D eigenvalue weighted by Crippen LogP contribution is 2.32. The van der Waals surface area contributed by atoms with Gasteiger partial charge in [0.25, 0.3) is 0 Å². The maximum absolute atomic E-state index is 15.3. The SMILES string of the molecule is CC(C)NC(=O)N(Cc1cc(-c2cc(CC(C)S(C)(=O)=O)cc3cccnc23)ccc1F)c1ccc(S(C)(=O)=O)cc1. The molecule has 4 rings (SSSR count). The van der Waals surface area contributed by atoms with Crippen LogP contribution in [0.2, 0.25) is 0 Å². The van der Waals surface area contributed by atoms with Crippen molar-refractivity contribution in [2.75, 3.05) is 17.4 Å². The number of amides is 2. The van der Waals surface area contributed by atoms with Crippen LogP contribution in [0.15, 0.2) is 77.8 Å². The van der Waals surface area contributed by atoms with E-state index < -0.39 is 36.8 Å². The Bertz CT molecular complexity index is 1840. The van der Waals surface area contributed by atoms with Gasteiger partial charge < -0.3 is 5.32 Å². The molecular weight excluding hydrogens is 577 g/mol. The predicted octanol–water partition coefficient (Wildman–Crippen LogP) is 5.54. The minimum absolute atomic E-state index is 0.105. The summed E-state index contributed by atoms with van der Waals surface area (Å²) >= 11 is 0. The lowest BCUT2D eigenvalue weighted by Gasteiger charge is -2.25. The van der Waals surface area contributed by atoms with Crippen LogP contribution in [-0.2, 0) is 32.6 Å². The third-order valence-electron chi connectivity index (χ3n) is 6.94. The van der Waals surface area contributed by atoms with E-state index in [9.17, 15) is 21.6 Å². The average Bonchev–Trinajstić information content (AvgIpc) is 2.91. The standard InChI is InChI=1S/C31H34FN3O5S2/c1-20(2)34-31(36)35(26-9-11-27(12-10-26)42(5,39)40)19-25-18-23(8-13-29(25)32)28-17-22(15-21(3)41(4,37)38)16-24-7-6-14-33-30(24)28/h6-14,16-18,20-21H,15,19H2,1-5H3,(H,34,36). The lowest BCUT2D eigenvalue weighted by molar-refractivity contribution is 0.243. The van der Waals surface area contributed by atoms with Gasteiger partial charge >= 0.3 is 6.03 Å². The molecule has 3 aromatic carbocycles. The van der Waals surface area contributed by atoms with Crippen LogP contribution in [0.4, 0.5) is 14.9 Å². The van der Waals surface area contributed by atoms with Crippen molar-refractivity contribution < 1.29 is 26.0 Å². The van der Waals surface area contributed by atoms with Crippen LogP contribution in [0.5, 0.6) is 0 Å². The van der Waals surface area contributed by atoms with Gasteiger partial charge in [-0.05, 0) is 92.9 Å². The number of fused-ring (bicyclic) bond motifs is 1. The van der Waals surface area contributed by atoms with E-state index in [0.717, 1.165) is 17.2 Å². The monoisotopic (exact) mass is 611 g/mol. The zero-order chi connectivity index (χ0) is 30.8. The Morgan fingerprint density at radius 1 is 0.952 bits per heavy atom. The van der Waals surface area contributed by atoms with Crippen LogP contribution in [0.1, 0.15) is 31.9 Å². The molecule has 2 amide bonds. The van der Waals surface area contributed by atoms with Crippen molar-refractivity contribution >= 4 is 42.3 Å². The fourth-order valence-electron chi connectivity index (χ4n) is 4.59. The van der Waals surface area contributed by atoms with Gasteiger partial charge in [-0.25, -0.2) is 26.0 Å². The minimum atomic E-state index is -3.44. The van der Waals surface area contributed by atoms with Gasteiger partial charge in [0, 0.05) is 47.0 Å². The number of urea groups is 1. The summed E-state index contributed by atoms with van der Waals surface area (Å²) in [5.74, 6) is -0.520. The van der Waals surface area contributed by atoms with Crippen molar-refractivity contribution in [3.8, 4) is 11.1 Å². The molecule has 0 saturated heterocycles. The summed E-state index contributed by atoms with van der Waals surface area (Å²) in [6.45, 7) is 5.14. The Hall–Kier alpha value is -3.83. The second-order valence-electron chi connectivity index (χ2n) is 10.8. The highest BCUT2D eigenvalue weighted by Gasteiger charge is 2.21. The lowest BCUT2D eigenvalue weighted by Crippen LogP contribution is -2.42. The van der Waals surface area contributed by atoms with E-state index in [1.165, 1.54) is 41.5 Å². The molecule has 0 aliphatic heterocycles. The maximum Gasteiger partial charge on any atom is 0.322 e. The topological polar surface area (TPSA) is 114 Å². The van der Waals surface area contributed by atoms with E-state index in [1.54, 1.807) is 45.2 Å². The molecule has 0 fully saturated rings. The van der Waals surface area contributed by atoms with Crippen LogP contribution < -0.4 is 10.2 Å². The zero-order valence-electron chi connectivity index (χ0n) is 24.1. The fraction of sp³-hybridized carbons (Fsp3) is 0.290. The van der Waals surface area contributed by atoms with Gasteiger partial charge in [-0.15, -0.1) is 0 Å². The van der Waals surface area contributed by atoms with Crippen molar-refractivity contribution in [1.29, 1.82) is 0 Å². The molecule has 0 aliphatic rings. The van der Waals surface area contributed by atoms with Crippen LogP contribution >= 0.6 is 0 Å². The first-order valence-corrected chi connectivity index (χ1v) is 17.2. The second kappa shape index (κ2) is 12.2. The molecule has 1 unspecified atom stereocenters. The molecule has 8 nitrogen and oxygen atoms in total. The molecule has 0 saturated carbocycles. The number of benzene rings is 3. The molecule has 1 N–H and O–H groups in total. The number of sulfone groups is 2. The average molecular weight is 612 g/mol. The molecule has 42 heavy (non-hydrogen) atoms. The van der Waals surface area contributed by atoms with Crippen molar-refractivity contribution in [2.24, 2.45) is 0 Å². The molecule has 11 heteroatoms. The van der Waals surface area contributed by atoms with Crippen LogP contribution in [-0.4, -0.2) is 51.7 Å². The number of nitrogens with one attached hydrogen (secondary N) is 1. The summed E-state index contributed by atoms with van der Waals surface area (Å²) in [4.78, 5) is 19.2. The Morgan fingerprint density at radius 3 is 2.26 bits per heavy atom. The minimum Gasteiger partial charge on any atom is -0.336 e. The molecular formula is C31H34FN3O5S2. The number of hydrogen-bond donors (Lipinski definition) is 1. The third-order valence-corrected chi connectivity index (χ3v) is 9.69. The normalized spacial score (nSPS) is 12.8. The van der Waals surface area contributed by atoms with Crippen molar-refractivity contribution in [3.63, 3.8) is 0 Å². The summed E-state index contributed by atoms with van der Waals surface area (Å²) in [5.41, 5.74) is 3.47. The molecule has 0 aliphatic carbocycles. The van der Waals surface area contributed by atoms with E-state index in [2.05, 4.69) is 10.3 Å². The number of anilines is 1. The van der Waals surface area contributed by atoms with Gasteiger partial charge in [0.1, 0.15) is 15.7 Å². The molecule has 1 aromatic heterocycles. The zero-order valence-corrected chi connectivity index (χ0v) is 25.8. The van der Waals surface area contributed by atoms with Gasteiger partial charge in [0.2, 0.25) is 0 Å². The van der Waals surface area contributed by atoms with E-state index in [4.69, 9.17) is 0 Å². The summed E-state index contributed by atoms with van der Waals surface area (Å²) in [6.07, 6.45) is 4.27. The number of carbonyl (C=O) groups excluding carboxylic acids is 1. The van der Waals surface area contributed by atoms with Crippen molar-refractivity contribution in [1.82, 2.24) is 10.3 Å². The molecule has 222 valence electrons. The number of rotatable bonds is 9. The van der Waals surface area contributed by atoms with Gasteiger partial charge in [0.15, 0.2) is 9.84 Å². The summed E-state index contributed by atoms with van der Waals surface area (Å²) in [7, 11) is -6.70. The lowest BCUT2D eigenvalue weighted by atomic mass is 9.95. The van der Waals surface area contributed by atoms with E-state index in [-0.39, 0.29) is 23.0 Å². The number of halogens is 1. The number of carbonyl (C=O) groups is 1. The number of pyridine rings is 1. The first kappa shape index (κ1) is 31.1. The van der Waals surface area contributed by atoms with Crippen LogP contribution in [0.25, 0.3) is 22.0 Å². The quantitative estimate of drug-likeness (QED) is 0.266. The van der Waals surface area contributed by atoms with Crippen molar-refractivity contribution in [3.05, 3.63) is 89.9 Å². The number of aromatic nitrogens is 1. The van der Waals surface area contributed by atoms with E-state index in [1.807, 2.05) is 18.2 Å². The van der Waals surface area contributed by atoms with Gasteiger partial charge in [-0.2, -0.15) is 0 Å². The van der Waals surface area contributed by atoms with E-state index >= 15 is 4.39 Å². The molecule has 1 heterocycles. The van der Waals surface area contributed by atoms with Gasteiger partial charge in [0.05, 0.1) is 22.2 Å². The largest absolute Gasteiger partial charge is 0.336 e. The second-order valence-corrected chi connectivity index (χ2v) is 15.3. The Balaban J connectivity index is 1.79. The van der Waals surface area contributed by atoms with Crippen LogP contribution in [0, 0.1) is 5.82 Å². The van der Waals surface area contributed by atoms with Crippen molar-refractivity contribution in [2.45, 2.75) is 49.9 Å². The Morgan fingerprint density at radius 2 is 1.64 bits per heavy atom. The fourth-order valence-corrected chi connectivity index (χ4v) is 5.71. The predicted molar refractivity (Wildman–Crippen MR) is 165 cm³/mol. The first-order chi connectivity index (χ1) is 19.6. The number of nitrogens with zero attached hydrogens (tertiary/aromatic N) is 2. The molecule has 0 radical (unpaired) electrons. The van der Waals surface area contributed by atoms with E-state index in [0.29, 0.717) is 28.8 Å². The highest BCUT2D eigenvalue weighted by molar-refractivity contribution is 7.91. The number of hydrogen-bond acceptors (Lipinski definition) is 6. The smallest absolute Gasteiger partial charge is 0.322 e. The first-order valence-electron chi connectivity index (χ1n) is 13.4. The summed E-state index contributed by atoms with van der Waals surface area (Å²) < 4.78 is 63.4. The maximum atomic E-state index is 15.3. The molecule has 1 atom stereocenters. The molecule has 0 spiro atoms. The Kier molecular flexibility index (Phi) is 9.03. The summed E-state index contributed by atoms with van der Waals surface area (Å²) in [5, 5.41) is 3.05.